The van der Waals surface area contributed by atoms with Gasteiger partial charge in [0.2, 0.25) is 0 Å². The largest absolute Gasteiger partial charge is 0.493 e. The maximum absolute atomic E-state index is 11.9. The zero-order valence-electron chi connectivity index (χ0n) is 12.5. The van der Waals surface area contributed by atoms with Gasteiger partial charge >= 0.3 is 0 Å². The number of carbonyl (C=O) groups is 1. The molecule has 0 unspecified atom stereocenters. The summed E-state index contributed by atoms with van der Waals surface area (Å²) < 4.78 is 10.9. The third-order valence-electron chi connectivity index (χ3n) is 2.84. The van der Waals surface area contributed by atoms with Crippen molar-refractivity contribution < 1.29 is 14.3 Å². The summed E-state index contributed by atoms with van der Waals surface area (Å²) in [6, 6.07) is 5.23. The highest BCUT2D eigenvalue weighted by molar-refractivity contribution is 5.94. The Kier molecular flexibility index (Phi) is 7.50. The average Bonchev–Trinajstić information content (AvgIpc) is 2.47. The molecule has 1 rings (SSSR count). The first-order chi connectivity index (χ1) is 9.72. The topological polar surface area (TPSA) is 59.6 Å². The van der Waals surface area contributed by atoms with Crippen LogP contribution in [0.25, 0.3) is 0 Å². The van der Waals surface area contributed by atoms with Crippen LogP contribution in [-0.2, 0) is 0 Å². The van der Waals surface area contributed by atoms with Crippen molar-refractivity contribution >= 4 is 5.91 Å². The monoisotopic (exact) mass is 280 g/mol. The molecule has 1 aromatic carbocycles. The summed E-state index contributed by atoms with van der Waals surface area (Å²) in [5.41, 5.74) is 0.570. The Balaban J connectivity index is 2.68. The fraction of sp³-hybridized carbons (Fsp3) is 0.533. The Labute approximate surface area is 120 Å². The minimum absolute atomic E-state index is 0.112. The van der Waals surface area contributed by atoms with E-state index in [0.29, 0.717) is 30.2 Å². The van der Waals surface area contributed by atoms with Gasteiger partial charge in [0.15, 0.2) is 11.5 Å². The lowest BCUT2D eigenvalue weighted by molar-refractivity contribution is 0.0953. The molecule has 1 amide bonds. The number of hydrogen-bond donors (Lipinski definition) is 2. The average molecular weight is 280 g/mol. The number of ether oxygens (including phenoxy) is 2. The lowest BCUT2D eigenvalue weighted by Crippen LogP contribution is -2.30. The van der Waals surface area contributed by atoms with Crippen LogP contribution in [0.5, 0.6) is 11.5 Å². The maximum atomic E-state index is 11.9. The van der Waals surface area contributed by atoms with Crippen LogP contribution in [0.2, 0.25) is 0 Å². The molecule has 0 atom stereocenters. The zero-order chi connectivity index (χ0) is 14.8. The molecule has 0 saturated carbocycles. The third kappa shape index (κ3) is 5.09. The summed E-state index contributed by atoms with van der Waals surface area (Å²) >= 11 is 0. The highest BCUT2D eigenvalue weighted by Crippen LogP contribution is 2.28. The number of rotatable bonds is 9. The van der Waals surface area contributed by atoms with Crippen molar-refractivity contribution in [1.29, 1.82) is 0 Å². The molecule has 20 heavy (non-hydrogen) atoms. The molecule has 0 radical (unpaired) electrons. The predicted molar refractivity (Wildman–Crippen MR) is 79.7 cm³/mol. The van der Waals surface area contributed by atoms with Gasteiger partial charge in [-0.3, -0.25) is 4.79 Å². The van der Waals surface area contributed by atoms with E-state index < -0.39 is 0 Å². The van der Waals surface area contributed by atoms with Crippen LogP contribution in [0.15, 0.2) is 18.2 Å². The summed E-state index contributed by atoms with van der Waals surface area (Å²) in [4.78, 5) is 11.9. The van der Waals surface area contributed by atoms with E-state index in [0.717, 1.165) is 19.4 Å². The van der Waals surface area contributed by atoms with Crippen LogP contribution in [0, 0.1) is 0 Å². The molecular formula is C15H24N2O3. The standard InChI is InChI=1S/C15H24N2O3/c1-4-5-10-20-13-7-6-12(11-14(13)19-3)15(18)17-9-8-16-2/h6-7,11,16H,4-5,8-10H2,1-3H3,(H,17,18). The third-order valence-corrected chi connectivity index (χ3v) is 2.84. The van der Waals surface area contributed by atoms with E-state index in [1.807, 2.05) is 7.05 Å². The van der Waals surface area contributed by atoms with Crippen molar-refractivity contribution in [3.63, 3.8) is 0 Å². The highest BCUT2D eigenvalue weighted by atomic mass is 16.5. The first-order valence-corrected chi connectivity index (χ1v) is 6.96. The molecule has 0 fully saturated rings. The van der Waals surface area contributed by atoms with Gasteiger partial charge < -0.3 is 20.1 Å². The Hall–Kier alpha value is -1.75. The molecule has 0 aliphatic carbocycles. The van der Waals surface area contributed by atoms with Gasteiger partial charge in [-0.25, -0.2) is 0 Å². The molecule has 2 N–H and O–H groups in total. The van der Waals surface area contributed by atoms with Gasteiger partial charge in [-0.15, -0.1) is 0 Å². The maximum Gasteiger partial charge on any atom is 0.251 e. The minimum atomic E-state index is -0.112. The Morgan fingerprint density at radius 3 is 2.70 bits per heavy atom. The number of carbonyl (C=O) groups excluding carboxylic acids is 1. The molecule has 0 aliphatic rings. The van der Waals surface area contributed by atoms with Crippen LogP contribution in [0.3, 0.4) is 0 Å². The van der Waals surface area contributed by atoms with Gasteiger partial charge in [-0.05, 0) is 31.7 Å². The summed E-state index contributed by atoms with van der Waals surface area (Å²) in [6.45, 7) is 4.09. The van der Waals surface area contributed by atoms with E-state index >= 15 is 0 Å². The number of likely N-dealkylation sites (N-methyl/N-ethyl adjacent to an activating group) is 1. The molecule has 5 nitrogen and oxygen atoms in total. The molecule has 0 aliphatic heterocycles. The molecule has 0 saturated heterocycles. The second-order valence-corrected chi connectivity index (χ2v) is 4.43. The SMILES string of the molecule is CCCCOc1ccc(C(=O)NCCNC)cc1OC. The second kappa shape index (κ2) is 9.20. The fourth-order valence-corrected chi connectivity index (χ4v) is 1.66. The van der Waals surface area contributed by atoms with Crippen LogP contribution in [0.4, 0.5) is 0 Å². The first-order valence-electron chi connectivity index (χ1n) is 6.96. The predicted octanol–water partition coefficient (Wildman–Crippen LogP) is 1.82. The van der Waals surface area contributed by atoms with E-state index in [1.165, 1.54) is 0 Å². The number of amides is 1. The van der Waals surface area contributed by atoms with Crippen molar-refractivity contribution in [3.8, 4) is 11.5 Å². The van der Waals surface area contributed by atoms with Gasteiger partial charge in [-0.2, -0.15) is 0 Å². The lowest BCUT2D eigenvalue weighted by Gasteiger charge is -2.12. The molecule has 0 spiro atoms. The van der Waals surface area contributed by atoms with Crippen molar-refractivity contribution in [2.45, 2.75) is 19.8 Å². The molecule has 0 aromatic heterocycles. The molecule has 0 bridgehead atoms. The minimum Gasteiger partial charge on any atom is -0.493 e. The summed E-state index contributed by atoms with van der Waals surface area (Å²) in [7, 11) is 3.42. The normalized spacial score (nSPS) is 10.2. The Bertz CT molecular complexity index is 422. The van der Waals surface area contributed by atoms with Gasteiger partial charge in [0.25, 0.3) is 5.91 Å². The number of hydrogen-bond acceptors (Lipinski definition) is 4. The summed E-state index contributed by atoms with van der Waals surface area (Å²) in [5.74, 6) is 1.15. The van der Waals surface area contributed by atoms with Crippen LogP contribution < -0.4 is 20.1 Å². The molecular weight excluding hydrogens is 256 g/mol. The van der Waals surface area contributed by atoms with Gasteiger partial charge in [0.05, 0.1) is 13.7 Å². The second-order valence-electron chi connectivity index (χ2n) is 4.43. The van der Waals surface area contributed by atoms with E-state index in [4.69, 9.17) is 9.47 Å². The van der Waals surface area contributed by atoms with Crippen molar-refractivity contribution in [1.82, 2.24) is 10.6 Å². The van der Waals surface area contributed by atoms with Crippen LogP contribution in [0.1, 0.15) is 30.1 Å². The van der Waals surface area contributed by atoms with E-state index in [2.05, 4.69) is 17.6 Å². The van der Waals surface area contributed by atoms with Gasteiger partial charge in [0.1, 0.15) is 0 Å². The number of nitrogens with one attached hydrogen (secondary N) is 2. The highest BCUT2D eigenvalue weighted by Gasteiger charge is 2.10. The van der Waals surface area contributed by atoms with Gasteiger partial charge in [-0.1, -0.05) is 13.3 Å². The number of methoxy groups -OCH3 is 1. The fourth-order valence-electron chi connectivity index (χ4n) is 1.66. The van der Waals surface area contributed by atoms with Crippen molar-refractivity contribution in [3.05, 3.63) is 23.8 Å². The molecule has 1 aromatic rings. The van der Waals surface area contributed by atoms with Gasteiger partial charge in [0, 0.05) is 18.7 Å². The van der Waals surface area contributed by atoms with Crippen molar-refractivity contribution in [2.24, 2.45) is 0 Å². The molecule has 112 valence electrons. The van der Waals surface area contributed by atoms with Crippen LogP contribution >= 0.6 is 0 Å². The Morgan fingerprint density at radius 1 is 1.25 bits per heavy atom. The van der Waals surface area contributed by atoms with E-state index in [1.54, 1.807) is 25.3 Å². The number of benzene rings is 1. The number of unbranched alkanes of at least 4 members (excludes halogenated alkanes) is 1. The van der Waals surface area contributed by atoms with Crippen LogP contribution in [-0.4, -0.2) is 39.8 Å². The lowest BCUT2D eigenvalue weighted by atomic mass is 10.2. The molecule has 5 heteroatoms. The zero-order valence-corrected chi connectivity index (χ0v) is 12.5. The summed E-state index contributed by atoms with van der Waals surface area (Å²) in [6.07, 6.45) is 2.07. The smallest absolute Gasteiger partial charge is 0.251 e. The van der Waals surface area contributed by atoms with E-state index in [-0.39, 0.29) is 5.91 Å². The first kappa shape index (κ1) is 16.3. The van der Waals surface area contributed by atoms with Crippen molar-refractivity contribution in [2.75, 3.05) is 33.9 Å². The van der Waals surface area contributed by atoms with E-state index in [9.17, 15) is 4.79 Å². The molecule has 0 heterocycles. The Morgan fingerprint density at radius 2 is 2.05 bits per heavy atom. The summed E-state index contributed by atoms with van der Waals surface area (Å²) in [5, 5.41) is 5.80. The quantitative estimate of drug-likeness (QED) is 0.677.